The molecular weight excluding hydrogens is 212 g/mol. The zero-order valence-electron chi connectivity index (χ0n) is 12.9. The molecule has 17 heavy (non-hydrogen) atoms. The summed E-state index contributed by atoms with van der Waals surface area (Å²) in [5.41, 5.74) is 0. The molecule has 1 heterocycles. The maximum Gasteiger partial charge on any atom is 0.157 e. The Balaban J connectivity index is 1.92. The van der Waals surface area contributed by atoms with Crippen LogP contribution in [0.25, 0.3) is 0 Å². The maximum absolute atomic E-state index is 7.46. The summed E-state index contributed by atoms with van der Waals surface area (Å²) in [5, 5.41) is 0. The van der Waals surface area contributed by atoms with Crippen molar-refractivity contribution < 1.29 is 12.2 Å². The SMILES string of the molecule is [2H]/C(C)=C([2H])\C=C\CCCCCOC1CCCCO1. The van der Waals surface area contributed by atoms with E-state index in [4.69, 9.17) is 12.2 Å². The van der Waals surface area contributed by atoms with Crippen LogP contribution in [0.5, 0.6) is 0 Å². The van der Waals surface area contributed by atoms with Crippen molar-refractivity contribution >= 4 is 0 Å². The van der Waals surface area contributed by atoms with E-state index in [1.807, 2.05) is 6.08 Å². The summed E-state index contributed by atoms with van der Waals surface area (Å²) in [6.45, 7) is 3.26. The first kappa shape index (κ1) is 11.5. The first-order valence-electron chi connectivity index (χ1n) is 7.74. The lowest BCUT2D eigenvalue weighted by molar-refractivity contribution is -0.162. The molecule has 0 saturated carbocycles. The Morgan fingerprint density at radius 3 is 3.06 bits per heavy atom. The van der Waals surface area contributed by atoms with Gasteiger partial charge in [-0.05, 0) is 45.4 Å². The van der Waals surface area contributed by atoms with Crippen LogP contribution in [0.4, 0.5) is 0 Å². The molecule has 1 unspecified atom stereocenters. The summed E-state index contributed by atoms with van der Waals surface area (Å²) >= 11 is 0. The van der Waals surface area contributed by atoms with Gasteiger partial charge in [-0.25, -0.2) is 0 Å². The van der Waals surface area contributed by atoms with Gasteiger partial charge in [-0.15, -0.1) is 0 Å². The molecule has 0 radical (unpaired) electrons. The lowest BCUT2D eigenvalue weighted by atomic mass is 10.2. The average Bonchev–Trinajstić information content (AvgIpc) is 2.42. The summed E-state index contributed by atoms with van der Waals surface area (Å²) in [4.78, 5) is 0. The van der Waals surface area contributed by atoms with Crippen molar-refractivity contribution in [2.24, 2.45) is 0 Å². The lowest BCUT2D eigenvalue weighted by Crippen LogP contribution is -2.22. The van der Waals surface area contributed by atoms with E-state index in [0.717, 1.165) is 51.7 Å². The molecule has 0 aromatic heterocycles. The minimum absolute atomic E-state index is 0.0321. The summed E-state index contributed by atoms with van der Waals surface area (Å²) < 4.78 is 25.9. The lowest BCUT2D eigenvalue weighted by Gasteiger charge is -2.22. The third kappa shape index (κ3) is 8.17. The van der Waals surface area contributed by atoms with Gasteiger partial charge in [-0.2, -0.15) is 0 Å². The first-order chi connectivity index (χ1) is 9.20. The second kappa shape index (κ2) is 10.5. The van der Waals surface area contributed by atoms with Crippen LogP contribution in [-0.4, -0.2) is 19.5 Å². The molecule has 1 aliphatic heterocycles. The van der Waals surface area contributed by atoms with Crippen LogP contribution >= 0.6 is 0 Å². The number of hydrogen-bond donors (Lipinski definition) is 0. The van der Waals surface area contributed by atoms with Crippen molar-refractivity contribution in [1.82, 2.24) is 0 Å². The summed E-state index contributed by atoms with van der Waals surface area (Å²) in [6, 6.07) is 0.620. The fraction of sp³-hybridized carbons (Fsp3) is 0.733. The zero-order chi connectivity index (χ0) is 13.9. The van der Waals surface area contributed by atoms with E-state index >= 15 is 0 Å². The molecule has 0 bridgehead atoms. The number of hydrogen-bond acceptors (Lipinski definition) is 2. The van der Waals surface area contributed by atoms with Gasteiger partial charge in [0.05, 0.1) is 2.74 Å². The minimum Gasteiger partial charge on any atom is -0.353 e. The third-order valence-electron chi connectivity index (χ3n) is 2.80. The molecule has 0 N–H and O–H groups in total. The number of allylic oxidation sites excluding steroid dienone is 4. The number of ether oxygens (including phenoxy) is 2. The van der Waals surface area contributed by atoms with Gasteiger partial charge in [0.1, 0.15) is 0 Å². The van der Waals surface area contributed by atoms with E-state index in [1.165, 1.54) is 6.42 Å². The highest BCUT2D eigenvalue weighted by atomic mass is 16.7. The van der Waals surface area contributed by atoms with Crippen molar-refractivity contribution in [1.29, 1.82) is 0 Å². The van der Waals surface area contributed by atoms with Crippen LogP contribution in [0.3, 0.4) is 0 Å². The maximum atomic E-state index is 7.46. The predicted molar refractivity (Wildman–Crippen MR) is 72.0 cm³/mol. The van der Waals surface area contributed by atoms with E-state index in [-0.39, 0.29) is 6.29 Å². The van der Waals surface area contributed by atoms with Crippen LogP contribution in [0.15, 0.2) is 24.3 Å². The molecule has 2 nitrogen and oxygen atoms in total. The molecule has 0 aliphatic carbocycles. The molecule has 0 aromatic rings. The van der Waals surface area contributed by atoms with Crippen LogP contribution in [-0.2, 0) is 9.47 Å². The standard InChI is InChI=1S/C15H26O2/c1-2-3-4-5-6-7-8-10-13-16-15-12-9-11-14-17-15/h2-5,15H,6-14H2,1H3/b3-2+,5-4+/i2D,3D. The Morgan fingerprint density at radius 1 is 1.35 bits per heavy atom. The number of unbranched alkanes of at least 4 members (excludes halogenated alkanes) is 3. The monoisotopic (exact) mass is 240 g/mol. The smallest absolute Gasteiger partial charge is 0.157 e. The average molecular weight is 240 g/mol. The molecule has 0 spiro atoms. The van der Waals surface area contributed by atoms with Crippen LogP contribution in [0, 0.1) is 0 Å². The van der Waals surface area contributed by atoms with Gasteiger partial charge in [0.25, 0.3) is 0 Å². The van der Waals surface area contributed by atoms with Gasteiger partial charge in [0, 0.05) is 13.2 Å². The van der Waals surface area contributed by atoms with Gasteiger partial charge < -0.3 is 9.47 Å². The Kier molecular flexibility index (Phi) is 7.13. The van der Waals surface area contributed by atoms with E-state index in [9.17, 15) is 0 Å². The van der Waals surface area contributed by atoms with E-state index in [1.54, 1.807) is 13.0 Å². The molecule has 1 aliphatic rings. The van der Waals surface area contributed by atoms with Crippen LogP contribution < -0.4 is 0 Å². The van der Waals surface area contributed by atoms with Crippen molar-refractivity contribution in [3.63, 3.8) is 0 Å². The molecule has 98 valence electrons. The van der Waals surface area contributed by atoms with Gasteiger partial charge >= 0.3 is 0 Å². The molecule has 1 saturated heterocycles. The largest absolute Gasteiger partial charge is 0.353 e. The van der Waals surface area contributed by atoms with Crippen molar-refractivity contribution in [2.45, 2.75) is 58.2 Å². The summed E-state index contributed by atoms with van der Waals surface area (Å²) in [7, 11) is 0. The molecule has 0 amide bonds. The van der Waals surface area contributed by atoms with Gasteiger partial charge in [0.15, 0.2) is 6.29 Å². The summed E-state index contributed by atoms with van der Waals surface area (Å²) in [6.07, 6.45) is 11.4. The predicted octanol–water partition coefficient (Wildman–Crippen LogP) is 4.22. The topological polar surface area (TPSA) is 18.5 Å². The first-order valence-corrected chi connectivity index (χ1v) is 6.74. The summed E-state index contributed by atoms with van der Waals surface area (Å²) in [5.74, 6) is 0. The second-order valence-corrected chi connectivity index (χ2v) is 4.31. The van der Waals surface area contributed by atoms with E-state index < -0.39 is 0 Å². The Hall–Kier alpha value is -0.600. The highest BCUT2D eigenvalue weighted by Gasteiger charge is 2.12. The third-order valence-corrected chi connectivity index (χ3v) is 2.80. The molecule has 1 atom stereocenters. The zero-order valence-corrected chi connectivity index (χ0v) is 10.9. The van der Waals surface area contributed by atoms with Gasteiger partial charge in [-0.3, -0.25) is 0 Å². The van der Waals surface area contributed by atoms with E-state index in [2.05, 4.69) is 0 Å². The normalized spacial score (nSPS) is 24.4. The van der Waals surface area contributed by atoms with Crippen molar-refractivity contribution in [3.05, 3.63) is 24.3 Å². The number of rotatable bonds is 8. The fourth-order valence-electron chi connectivity index (χ4n) is 1.82. The van der Waals surface area contributed by atoms with Gasteiger partial charge in [-0.1, -0.05) is 30.7 Å². The molecule has 1 fully saturated rings. The van der Waals surface area contributed by atoms with Gasteiger partial charge in [0.2, 0.25) is 0 Å². The Bertz CT molecular complexity index is 291. The van der Waals surface area contributed by atoms with Crippen LogP contribution in [0.1, 0.15) is 54.6 Å². The van der Waals surface area contributed by atoms with E-state index in [0.29, 0.717) is 12.1 Å². The molecule has 1 rings (SSSR count). The fourth-order valence-corrected chi connectivity index (χ4v) is 1.82. The minimum atomic E-state index is 0.0321. The molecular formula is C15H26O2. The second-order valence-electron chi connectivity index (χ2n) is 4.31. The van der Waals surface area contributed by atoms with Crippen molar-refractivity contribution in [3.8, 4) is 0 Å². The molecule has 2 heteroatoms. The highest BCUT2D eigenvalue weighted by molar-refractivity contribution is 5.00. The Morgan fingerprint density at radius 2 is 2.29 bits per heavy atom. The van der Waals surface area contributed by atoms with Crippen molar-refractivity contribution in [2.75, 3.05) is 13.2 Å². The van der Waals surface area contributed by atoms with Crippen LogP contribution in [0.2, 0.25) is 0 Å². The quantitative estimate of drug-likeness (QED) is 0.467. The Labute approximate surface area is 109 Å². The highest BCUT2D eigenvalue weighted by Crippen LogP contribution is 2.14. The molecule has 0 aromatic carbocycles.